The summed E-state index contributed by atoms with van der Waals surface area (Å²) in [4.78, 5) is 11.8. The predicted octanol–water partition coefficient (Wildman–Crippen LogP) is 2.60. The SMILES string of the molecule is Cc1ccccc1C[C@H](C(=O)O)N(c1ccc(F)cc1)S(C)(=O)=O. The Balaban J connectivity index is 2.49. The fourth-order valence-corrected chi connectivity index (χ4v) is 3.64. The molecule has 128 valence electrons. The summed E-state index contributed by atoms with van der Waals surface area (Å²) in [5.74, 6) is -1.80. The van der Waals surface area contributed by atoms with E-state index in [0.717, 1.165) is 33.8 Å². The standard InChI is InChI=1S/C17H18FNO4S/c1-12-5-3-4-6-13(12)11-16(17(20)21)19(24(2,22)23)15-9-7-14(18)8-10-15/h3-10,16H,11H2,1-2H3,(H,20,21)/t16-/m1/s1. The first-order chi connectivity index (χ1) is 11.2. The minimum absolute atomic E-state index is 0.00640. The molecule has 0 fully saturated rings. The van der Waals surface area contributed by atoms with Crippen molar-refractivity contribution >= 4 is 21.7 Å². The van der Waals surface area contributed by atoms with Gasteiger partial charge in [0.2, 0.25) is 10.0 Å². The third-order valence-corrected chi connectivity index (χ3v) is 4.86. The van der Waals surface area contributed by atoms with E-state index in [4.69, 9.17) is 0 Å². The molecule has 0 unspecified atom stereocenters. The summed E-state index contributed by atoms with van der Waals surface area (Å²) in [7, 11) is -3.88. The van der Waals surface area contributed by atoms with E-state index in [9.17, 15) is 22.7 Å². The van der Waals surface area contributed by atoms with Crippen molar-refractivity contribution < 1.29 is 22.7 Å². The number of rotatable bonds is 6. The van der Waals surface area contributed by atoms with E-state index in [-0.39, 0.29) is 12.1 Å². The minimum atomic E-state index is -3.88. The van der Waals surface area contributed by atoms with Gasteiger partial charge in [-0.15, -0.1) is 0 Å². The van der Waals surface area contributed by atoms with Crippen molar-refractivity contribution in [2.45, 2.75) is 19.4 Å². The van der Waals surface area contributed by atoms with Gasteiger partial charge in [-0.05, 0) is 42.3 Å². The molecule has 0 saturated carbocycles. The van der Waals surface area contributed by atoms with Gasteiger partial charge in [-0.25, -0.2) is 17.6 Å². The summed E-state index contributed by atoms with van der Waals surface area (Å²) in [6.45, 7) is 1.83. The van der Waals surface area contributed by atoms with Crippen LogP contribution in [0.5, 0.6) is 0 Å². The Morgan fingerprint density at radius 3 is 2.25 bits per heavy atom. The molecule has 1 N–H and O–H groups in total. The minimum Gasteiger partial charge on any atom is -0.480 e. The van der Waals surface area contributed by atoms with E-state index in [2.05, 4.69) is 0 Å². The smallest absolute Gasteiger partial charge is 0.327 e. The number of hydrogen-bond donors (Lipinski definition) is 1. The third-order valence-electron chi connectivity index (χ3n) is 3.68. The molecular formula is C17H18FNO4S. The number of aliphatic carboxylic acids is 1. The van der Waals surface area contributed by atoms with Crippen LogP contribution >= 0.6 is 0 Å². The fourth-order valence-electron chi connectivity index (χ4n) is 2.51. The van der Waals surface area contributed by atoms with E-state index in [1.807, 2.05) is 19.1 Å². The lowest BCUT2D eigenvalue weighted by molar-refractivity contribution is -0.138. The van der Waals surface area contributed by atoms with Crippen molar-refractivity contribution in [1.29, 1.82) is 0 Å². The summed E-state index contributed by atoms with van der Waals surface area (Å²) < 4.78 is 38.4. The van der Waals surface area contributed by atoms with Crippen LogP contribution in [0.3, 0.4) is 0 Å². The van der Waals surface area contributed by atoms with Gasteiger partial charge in [-0.3, -0.25) is 4.31 Å². The molecule has 0 spiro atoms. The first-order valence-electron chi connectivity index (χ1n) is 7.22. The number of sulfonamides is 1. The van der Waals surface area contributed by atoms with Gasteiger partial charge in [-0.1, -0.05) is 24.3 Å². The van der Waals surface area contributed by atoms with Crippen molar-refractivity contribution in [1.82, 2.24) is 0 Å². The Kier molecular flexibility index (Phi) is 5.23. The highest BCUT2D eigenvalue weighted by molar-refractivity contribution is 7.92. The summed E-state index contributed by atoms with van der Waals surface area (Å²) in [5.41, 5.74) is 1.72. The molecule has 2 aromatic rings. The van der Waals surface area contributed by atoms with Crippen molar-refractivity contribution in [2.75, 3.05) is 10.6 Å². The average molecular weight is 351 g/mol. The summed E-state index contributed by atoms with van der Waals surface area (Å²) >= 11 is 0. The van der Waals surface area contributed by atoms with Crippen LogP contribution in [0.25, 0.3) is 0 Å². The summed E-state index contributed by atoms with van der Waals surface area (Å²) in [6.07, 6.45) is 0.941. The van der Waals surface area contributed by atoms with Crippen LogP contribution in [0.2, 0.25) is 0 Å². The number of nitrogens with zero attached hydrogens (tertiary/aromatic N) is 1. The highest BCUT2D eigenvalue weighted by Gasteiger charge is 2.33. The largest absolute Gasteiger partial charge is 0.480 e. The van der Waals surface area contributed by atoms with Crippen LogP contribution in [0.1, 0.15) is 11.1 Å². The molecule has 0 amide bonds. The monoisotopic (exact) mass is 351 g/mol. The molecule has 24 heavy (non-hydrogen) atoms. The van der Waals surface area contributed by atoms with Crippen LogP contribution in [-0.2, 0) is 21.2 Å². The molecule has 2 aromatic carbocycles. The molecule has 0 radical (unpaired) electrons. The van der Waals surface area contributed by atoms with Crippen molar-refractivity contribution in [2.24, 2.45) is 0 Å². The Morgan fingerprint density at radius 2 is 1.75 bits per heavy atom. The van der Waals surface area contributed by atoms with Crippen LogP contribution in [0.4, 0.5) is 10.1 Å². The molecule has 0 saturated heterocycles. The number of carboxylic acid groups (broad SMARTS) is 1. The van der Waals surface area contributed by atoms with Gasteiger partial charge in [-0.2, -0.15) is 0 Å². The zero-order chi connectivity index (χ0) is 17.9. The highest BCUT2D eigenvalue weighted by Crippen LogP contribution is 2.24. The molecule has 0 heterocycles. The highest BCUT2D eigenvalue weighted by atomic mass is 32.2. The molecule has 0 aromatic heterocycles. The number of carbonyl (C=O) groups is 1. The second kappa shape index (κ2) is 7.00. The maximum Gasteiger partial charge on any atom is 0.327 e. The summed E-state index contributed by atoms with van der Waals surface area (Å²) in [5, 5.41) is 9.59. The van der Waals surface area contributed by atoms with Gasteiger partial charge in [0.05, 0.1) is 11.9 Å². The van der Waals surface area contributed by atoms with Crippen molar-refractivity contribution in [3.8, 4) is 0 Å². The maximum absolute atomic E-state index is 13.1. The topological polar surface area (TPSA) is 74.7 Å². The molecule has 2 rings (SSSR count). The Morgan fingerprint density at radius 1 is 1.17 bits per heavy atom. The zero-order valence-electron chi connectivity index (χ0n) is 13.3. The predicted molar refractivity (Wildman–Crippen MR) is 90.0 cm³/mol. The number of halogens is 1. The normalized spacial score (nSPS) is 12.6. The number of aryl methyl sites for hydroxylation is 1. The molecule has 0 aliphatic heterocycles. The molecule has 7 heteroatoms. The molecule has 0 aliphatic carbocycles. The number of anilines is 1. The Bertz CT molecular complexity index is 834. The molecule has 1 atom stereocenters. The van der Waals surface area contributed by atoms with E-state index in [1.54, 1.807) is 12.1 Å². The van der Waals surface area contributed by atoms with Crippen LogP contribution in [-0.4, -0.2) is 31.8 Å². The Labute approximate surface area is 140 Å². The van der Waals surface area contributed by atoms with Gasteiger partial charge in [0.15, 0.2) is 0 Å². The van der Waals surface area contributed by atoms with Gasteiger partial charge in [0.25, 0.3) is 0 Å². The third kappa shape index (κ3) is 4.11. The quantitative estimate of drug-likeness (QED) is 0.868. The van der Waals surface area contributed by atoms with Gasteiger partial charge in [0.1, 0.15) is 11.9 Å². The van der Waals surface area contributed by atoms with Gasteiger partial charge < -0.3 is 5.11 Å². The zero-order valence-corrected chi connectivity index (χ0v) is 14.1. The first-order valence-corrected chi connectivity index (χ1v) is 9.07. The lowest BCUT2D eigenvalue weighted by Gasteiger charge is -2.29. The van der Waals surface area contributed by atoms with Crippen LogP contribution in [0.15, 0.2) is 48.5 Å². The second-order valence-electron chi connectivity index (χ2n) is 5.52. The van der Waals surface area contributed by atoms with Crippen LogP contribution < -0.4 is 4.31 Å². The number of hydrogen-bond acceptors (Lipinski definition) is 3. The van der Waals surface area contributed by atoms with Crippen molar-refractivity contribution in [3.05, 3.63) is 65.5 Å². The average Bonchev–Trinajstić information content (AvgIpc) is 2.49. The first kappa shape index (κ1) is 17.9. The molecular weight excluding hydrogens is 333 g/mol. The van der Waals surface area contributed by atoms with E-state index in [1.165, 1.54) is 12.1 Å². The molecule has 0 bridgehead atoms. The second-order valence-corrected chi connectivity index (χ2v) is 7.38. The fraction of sp³-hybridized carbons (Fsp3) is 0.235. The molecule has 0 aliphatic rings. The maximum atomic E-state index is 13.1. The van der Waals surface area contributed by atoms with Crippen molar-refractivity contribution in [3.63, 3.8) is 0 Å². The van der Waals surface area contributed by atoms with Crippen LogP contribution in [0, 0.1) is 12.7 Å². The van der Waals surface area contributed by atoms with E-state index in [0.29, 0.717) is 0 Å². The number of carboxylic acids is 1. The van der Waals surface area contributed by atoms with Gasteiger partial charge in [0, 0.05) is 6.42 Å². The van der Waals surface area contributed by atoms with E-state index < -0.39 is 27.9 Å². The lowest BCUT2D eigenvalue weighted by Crippen LogP contribution is -2.46. The Hall–Kier alpha value is -2.41. The van der Waals surface area contributed by atoms with E-state index >= 15 is 0 Å². The number of benzene rings is 2. The molecule has 5 nitrogen and oxygen atoms in total. The summed E-state index contributed by atoms with van der Waals surface area (Å²) in [6, 6.07) is 10.6. The van der Waals surface area contributed by atoms with Gasteiger partial charge >= 0.3 is 5.97 Å². The lowest BCUT2D eigenvalue weighted by atomic mass is 10.0.